The molecule has 0 spiro atoms. The van der Waals surface area contributed by atoms with Crippen molar-refractivity contribution in [3.63, 3.8) is 0 Å². The average Bonchev–Trinajstić information content (AvgIpc) is 2.89. The molecule has 0 atom stereocenters. The summed E-state index contributed by atoms with van der Waals surface area (Å²) in [7, 11) is 0. The van der Waals surface area contributed by atoms with Gasteiger partial charge >= 0.3 is 0 Å². The second kappa shape index (κ2) is 34.5. The molecule has 36 heavy (non-hydrogen) atoms. The molecule has 0 saturated heterocycles. The van der Waals surface area contributed by atoms with Crippen LogP contribution in [0.2, 0.25) is 0 Å². The van der Waals surface area contributed by atoms with Gasteiger partial charge in [-0.15, -0.1) is 0 Å². The zero-order valence-electron chi connectivity index (χ0n) is 25.5. The van der Waals surface area contributed by atoms with E-state index in [2.05, 4.69) is 38.2 Å². The van der Waals surface area contributed by atoms with E-state index in [-0.39, 0.29) is 0 Å². The quantitative estimate of drug-likeness (QED) is 0.0653. The number of rotatable bonds is 31. The van der Waals surface area contributed by atoms with Crippen LogP contribution in [0.4, 0.5) is 0 Å². The highest BCUT2D eigenvalue weighted by Gasteiger charge is 1.95. The van der Waals surface area contributed by atoms with Gasteiger partial charge in [0.2, 0.25) is 0 Å². The minimum absolute atomic E-state index is 1.31. The van der Waals surface area contributed by atoms with Gasteiger partial charge in [0.25, 0.3) is 0 Å². The van der Waals surface area contributed by atoms with Crippen LogP contribution in [0.3, 0.4) is 0 Å². The Bertz CT molecular complexity index is 378. The summed E-state index contributed by atoms with van der Waals surface area (Å²) < 4.78 is 0. The van der Waals surface area contributed by atoms with Gasteiger partial charge in [-0.25, -0.2) is 0 Å². The molecule has 0 fully saturated rings. The summed E-state index contributed by atoms with van der Waals surface area (Å²) in [6.07, 6.45) is 52.4. The minimum Gasteiger partial charge on any atom is -0.0885 e. The van der Waals surface area contributed by atoms with Crippen molar-refractivity contribution in [3.8, 4) is 0 Å². The Hall–Kier alpha value is -0.520. The lowest BCUT2D eigenvalue weighted by Crippen LogP contribution is -1.83. The van der Waals surface area contributed by atoms with Gasteiger partial charge in [-0.3, -0.25) is 0 Å². The van der Waals surface area contributed by atoms with Crippen LogP contribution >= 0.6 is 0 Å². The van der Waals surface area contributed by atoms with Crippen molar-refractivity contribution in [1.29, 1.82) is 0 Å². The Labute approximate surface area is 230 Å². The van der Waals surface area contributed by atoms with E-state index in [1.54, 1.807) is 0 Å². The third kappa shape index (κ3) is 33.5. The second-order valence-corrected chi connectivity index (χ2v) is 11.6. The maximum atomic E-state index is 2.45. The van der Waals surface area contributed by atoms with Crippen LogP contribution in [-0.4, -0.2) is 0 Å². The largest absolute Gasteiger partial charge is 0.0885 e. The molecule has 0 aliphatic rings. The second-order valence-electron chi connectivity index (χ2n) is 11.6. The summed E-state index contributed by atoms with van der Waals surface area (Å²) in [6, 6.07) is 0. The number of allylic oxidation sites excluding steroid dienone is 4. The lowest BCUT2D eigenvalue weighted by atomic mass is 10.0. The van der Waals surface area contributed by atoms with E-state index in [1.807, 2.05) is 0 Å². The van der Waals surface area contributed by atoms with Crippen molar-refractivity contribution in [2.75, 3.05) is 0 Å². The van der Waals surface area contributed by atoms with Crippen LogP contribution in [0, 0.1) is 0 Å². The third-order valence-electron chi connectivity index (χ3n) is 7.77. The molecule has 0 heteroatoms. The predicted octanol–water partition coefficient (Wildman–Crippen LogP) is 13.8. The molecule has 0 aromatic carbocycles. The first-order valence-corrected chi connectivity index (χ1v) is 17.2. The summed E-state index contributed by atoms with van der Waals surface area (Å²) >= 11 is 0. The molecule has 0 amide bonds. The van der Waals surface area contributed by atoms with Gasteiger partial charge in [-0.2, -0.15) is 0 Å². The monoisotopic (exact) mass is 503 g/mol. The van der Waals surface area contributed by atoms with E-state index in [1.165, 1.54) is 193 Å². The first kappa shape index (κ1) is 35.5. The molecule has 214 valence electrons. The zero-order valence-corrected chi connectivity index (χ0v) is 25.5. The van der Waals surface area contributed by atoms with E-state index < -0.39 is 0 Å². The van der Waals surface area contributed by atoms with Crippen molar-refractivity contribution in [3.05, 3.63) is 24.3 Å². The van der Waals surface area contributed by atoms with Gasteiger partial charge in [0.1, 0.15) is 0 Å². The van der Waals surface area contributed by atoms with Crippen LogP contribution in [0.15, 0.2) is 24.3 Å². The van der Waals surface area contributed by atoms with Crippen molar-refractivity contribution in [1.82, 2.24) is 0 Å². The van der Waals surface area contributed by atoms with Gasteiger partial charge in [0.15, 0.2) is 0 Å². The fraction of sp³-hybridized carbons (Fsp3) is 0.889. The van der Waals surface area contributed by atoms with E-state index in [0.29, 0.717) is 0 Å². The maximum absolute atomic E-state index is 2.45. The highest BCUT2D eigenvalue weighted by molar-refractivity contribution is 4.82. The first-order chi connectivity index (χ1) is 17.9. The summed E-state index contributed by atoms with van der Waals surface area (Å²) in [5.74, 6) is 0. The summed E-state index contributed by atoms with van der Waals surface area (Å²) in [4.78, 5) is 0. The predicted molar refractivity (Wildman–Crippen MR) is 168 cm³/mol. The molecule has 0 unspecified atom stereocenters. The van der Waals surface area contributed by atoms with Crippen LogP contribution in [0.1, 0.15) is 206 Å². The fourth-order valence-corrected chi connectivity index (χ4v) is 5.20. The Morgan fingerprint density at radius 3 is 0.583 bits per heavy atom. The molecular formula is C36H70. The minimum atomic E-state index is 1.31. The first-order valence-electron chi connectivity index (χ1n) is 17.2. The van der Waals surface area contributed by atoms with E-state index >= 15 is 0 Å². The molecule has 0 nitrogen and oxygen atoms in total. The smallest absolute Gasteiger partial charge is 0.0351 e. The van der Waals surface area contributed by atoms with E-state index in [0.717, 1.165) is 0 Å². The van der Waals surface area contributed by atoms with Gasteiger partial charge in [0.05, 0.1) is 0 Å². The van der Waals surface area contributed by atoms with Crippen molar-refractivity contribution in [2.45, 2.75) is 206 Å². The molecule has 0 heterocycles. The third-order valence-corrected chi connectivity index (χ3v) is 7.77. The van der Waals surface area contributed by atoms with Crippen LogP contribution < -0.4 is 0 Å². The van der Waals surface area contributed by atoms with Gasteiger partial charge < -0.3 is 0 Å². The van der Waals surface area contributed by atoms with Crippen LogP contribution in [0.5, 0.6) is 0 Å². The van der Waals surface area contributed by atoms with E-state index in [9.17, 15) is 0 Å². The summed E-state index contributed by atoms with van der Waals surface area (Å²) in [5.41, 5.74) is 0. The molecule has 0 aromatic heterocycles. The molecular weight excluding hydrogens is 432 g/mol. The Morgan fingerprint density at radius 2 is 0.389 bits per heavy atom. The standard InChI is InChI=1S/C36H70/c1-3-5-7-9-11-13-15-17-19-21-23-25-27-29-31-33-35-36-34-32-30-28-26-24-22-20-18-16-14-12-10-8-6-4-2/h17-20H,3-16,21-36H2,1-2H3/b19-17-,20-18?. The molecule has 0 aromatic rings. The number of unbranched alkanes of at least 4 members (excludes halogenated alkanes) is 27. The lowest BCUT2D eigenvalue weighted by Gasteiger charge is -2.03. The van der Waals surface area contributed by atoms with Crippen molar-refractivity contribution in [2.24, 2.45) is 0 Å². The highest BCUT2D eigenvalue weighted by atomic mass is 14.0. The Morgan fingerprint density at radius 1 is 0.222 bits per heavy atom. The van der Waals surface area contributed by atoms with Crippen molar-refractivity contribution >= 4 is 0 Å². The van der Waals surface area contributed by atoms with Gasteiger partial charge in [-0.05, 0) is 51.4 Å². The van der Waals surface area contributed by atoms with Crippen LogP contribution in [-0.2, 0) is 0 Å². The molecule has 0 aliphatic heterocycles. The molecule has 0 radical (unpaired) electrons. The van der Waals surface area contributed by atoms with Crippen molar-refractivity contribution < 1.29 is 0 Å². The number of hydrogen-bond acceptors (Lipinski definition) is 0. The highest BCUT2D eigenvalue weighted by Crippen LogP contribution is 2.14. The Balaban J connectivity index is 3.09. The molecule has 0 aliphatic carbocycles. The lowest BCUT2D eigenvalue weighted by molar-refractivity contribution is 0.534. The molecule has 0 bridgehead atoms. The average molecular weight is 503 g/mol. The maximum Gasteiger partial charge on any atom is -0.0351 e. The Kier molecular flexibility index (Phi) is 34.0. The zero-order chi connectivity index (χ0) is 26.0. The SMILES string of the molecule is CCCCCCCCC=CCCCCCCCCCCCCCCCC/C=C\CCCCCCCC. The van der Waals surface area contributed by atoms with E-state index in [4.69, 9.17) is 0 Å². The van der Waals surface area contributed by atoms with Gasteiger partial charge in [-0.1, -0.05) is 179 Å². The molecule has 0 N–H and O–H groups in total. The molecule has 0 saturated carbocycles. The normalized spacial score (nSPS) is 11.9. The number of hydrogen-bond donors (Lipinski definition) is 0. The molecule has 0 rings (SSSR count). The van der Waals surface area contributed by atoms with Crippen LogP contribution in [0.25, 0.3) is 0 Å². The summed E-state index contributed by atoms with van der Waals surface area (Å²) in [6.45, 7) is 4.59. The topological polar surface area (TPSA) is 0 Å². The summed E-state index contributed by atoms with van der Waals surface area (Å²) in [5, 5.41) is 0. The fourth-order valence-electron chi connectivity index (χ4n) is 5.20. The van der Waals surface area contributed by atoms with Gasteiger partial charge in [0, 0.05) is 0 Å².